The van der Waals surface area contributed by atoms with E-state index in [4.69, 9.17) is 10.6 Å². The molecule has 8 nitrogen and oxygen atoms in total. The van der Waals surface area contributed by atoms with Crippen molar-refractivity contribution in [2.75, 3.05) is 6.54 Å². The molecule has 3 aromatic rings. The molecule has 0 amide bonds. The van der Waals surface area contributed by atoms with Gasteiger partial charge in [-0.05, 0) is 36.4 Å². The third kappa shape index (κ3) is 5.56. The third-order valence-corrected chi connectivity index (χ3v) is 4.74. The molecule has 0 radical (unpaired) electrons. The zero-order valence-corrected chi connectivity index (χ0v) is 17.8. The van der Waals surface area contributed by atoms with E-state index < -0.39 is 52.8 Å². The summed E-state index contributed by atoms with van der Waals surface area (Å²) >= 11 is 0. The first-order valence-corrected chi connectivity index (χ1v) is 9.70. The van der Waals surface area contributed by atoms with Gasteiger partial charge in [0.2, 0.25) is 0 Å². The fourth-order valence-corrected chi connectivity index (χ4v) is 3.00. The Labute approximate surface area is 198 Å². The van der Waals surface area contributed by atoms with Gasteiger partial charge in [-0.3, -0.25) is 9.98 Å². The number of nitrogens with zero attached hydrogens (tertiary/aromatic N) is 5. The maximum atomic E-state index is 15.5. The van der Waals surface area contributed by atoms with Crippen molar-refractivity contribution in [1.29, 1.82) is 0 Å². The molecule has 0 aliphatic heterocycles. The van der Waals surface area contributed by atoms with Gasteiger partial charge in [-0.25, -0.2) is 13.8 Å². The highest BCUT2D eigenvalue weighted by Gasteiger charge is 2.57. The predicted octanol–water partition coefficient (Wildman–Crippen LogP) is 4.90. The van der Waals surface area contributed by atoms with Crippen molar-refractivity contribution in [1.82, 2.24) is 9.97 Å². The molecule has 0 saturated heterocycles. The second kappa shape index (κ2) is 10.2. The lowest BCUT2D eigenvalue weighted by Crippen LogP contribution is -2.47. The van der Waals surface area contributed by atoms with Crippen molar-refractivity contribution in [2.24, 2.45) is 21.2 Å². The first kappa shape index (κ1) is 26.5. The molecule has 0 bridgehead atoms. The van der Waals surface area contributed by atoms with Crippen molar-refractivity contribution >= 4 is 6.34 Å². The number of nitrogens with two attached hydrogens (primary N) is 1. The summed E-state index contributed by atoms with van der Waals surface area (Å²) in [5.41, 5.74) is -6.56. The number of alkyl halides is 5. The number of aliphatic hydroxyl groups is 1. The predicted molar refractivity (Wildman–Crippen MR) is 110 cm³/mol. The molecule has 1 atom stereocenters. The lowest BCUT2D eigenvalue weighted by molar-refractivity contribution is -0.193. The lowest BCUT2D eigenvalue weighted by Gasteiger charge is -2.34. The number of benzene rings is 1. The van der Waals surface area contributed by atoms with Gasteiger partial charge in [0.1, 0.15) is 40.9 Å². The Morgan fingerprint density at radius 1 is 0.917 bits per heavy atom. The molecule has 1 unspecified atom stereocenters. The van der Waals surface area contributed by atoms with E-state index in [9.17, 15) is 27.1 Å². The Bertz CT molecular complexity index is 1250. The summed E-state index contributed by atoms with van der Waals surface area (Å²) in [4.78, 5) is 10.2. The maximum absolute atomic E-state index is 15.5. The van der Waals surface area contributed by atoms with E-state index in [-0.39, 0.29) is 11.5 Å². The minimum atomic E-state index is -4.66. The first-order chi connectivity index (χ1) is 16.9. The van der Waals surface area contributed by atoms with Crippen LogP contribution < -0.4 is 10.6 Å². The average molecular weight is 516 g/mol. The van der Waals surface area contributed by atoms with Gasteiger partial charge in [0.05, 0.1) is 18.9 Å². The van der Waals surface area contributed by atoms with Crippen LogP contribution in [0.15, 0.2) is 70.2 Å². The molecule has 0 fully saturated rings. The lowest BCUT2D eigenvalue weighted by atomic mass is 9.84. The van der Waals surface area contributed by atoms with E-state index in [1.807, 2.05) is 0 Å². The molecule has 0 saturated carbocycles. The van der Waals surface area contributed by atoms with Gasteiger partial charge in [-0.1, -0.05) is 5.22 Å². The molecule has 190 valence electrons. The molecule has 3 rings (SSSR count). The molecule has 1 aromatic carbocycles. The Morgan fingerprint density at radius 3 is 2.03 bits per heavy atom. The zero-order chi connectivity index (χ0) is 26.6. The van der Waals surface area contributed by atoms with Gasteiger partial charge < -0.3 is 15.7 Å². The fourth-order valence-electron chi connectivity index (χ4n) is 3.00. The first-order valence-electron chi connectivity index (χ1n) is 9.70. The van der Waals surface area contributed by atoms with Crippen LogP contribution in [0.5, 0.6) is 11.5 Å². The second-order valence-electron chi connectivity index (χ2n) is 7.10. The van der Waals surface area contributed by atoms with Gasteiger partial charge in [-0.15, -0.1) is 5.11 Å². The van der Waals surface area contributed by atoms with Gasteiger partial charge in [0, 0.05) is 11.6 Å². The van der Waals surface area contributed by atoms with Crippen molar-refractivity contribution in [3.63, 3.8) is 0 Å². The van der Waals surface area contributed by atoms with Gasteiger partial charge in [0.15, 0.2) is 5.60 Å². The molecule has 0 aliphatic rings. The highest BCUT2D eigenvalue weighted by Crippen LogP contribution is 2.46. The van der Waals surface area contributed by atoms with Gasteiger partial charge in [0.25, 0.3) is 0 Å². The van der Waals surface area contributed by atoms with E-state index in [0.717, 1.165) is 30.6 Å². The van der Waals surface area contributed by atoms with Crippen molar-refractivity contribution in [3.05, 3.63) is 83.4 Å². The van der Waals surface area contributed by atoms with Crippen LogP contribution in [-0.2, 0) is 17.7 Å². The zero-order valence-electron chi connectivity index (χ0n) is 17.8. The monoisotopic (exact) mass is 516 g/mol. The molecule has 15 heteroatoms. The number of aliphatic imine (C=N–C) groups is 1. The Hall–Kier alpha value is -4.14. The molecule has 2 aromatic heterocycles. The van der Waals surface area contributed by atoms with Crippen molar-refractivity contribution < 1.29 is 40.6 Å². The van der Waals surface area contributed by atoms with Crippen LogP contribution in [0, 0.1) is 11.6 Å². The third-order valence-electron chi connectivity index (χ3n) is 4.74. The second-order valence-corrected chi connectivity index (χ2v) is 7.10. The standard InChI is InChI=1S/C21H15F7N6O2/c22-12-1-4-15(16(23)7-12)19(35,10-30-11-33-34-29)20(24,25)17-5-2-13(8-31-17)36-14-3-6-18(32-9-14)21(26,27)28/h1-9,11,35H,10H2,(H2,29,30,33). The van der Waals surface area contributed by atoms with E-state index >= 15 is 8.78 Å². The summed E-state index contributed by atoms with van der Waals surface area (Å²) in [5, 5.41) is 16.9. The van der Waals surface area contributed by atoms with E-state index in [1.54, 1.807) is 0 Å². The van der Waals surface area contributed by atoms with Gasteiger partial charge in [-0.2, -0.15) is 22.0 Å². The van der Waals surface area contributed by atoms with Crippen LogP contribution in [0.25, 0.3) is 0 Å². The number of halogens is 7. The van der Waals surface area contributed by atoms with E-state index in [0.29, 0.717) is 30.6 Å². The highest BCUT2D eigenvalue weighted by molar-refractivity contribution is 5.54. The van der Waals surface area contributed by atoms with Gasteiger partial charge >= 0.3 is 12.1 Å². The Morgan fingerprint density at radius 2 is 1.53 bits per heavy atom. The largest absolute Gasteiger partial charge is 0.454 e. The smallest absolute Gasteiger partial charge is 0.433 e. The number of rotatable bonds is 8. The SMILES string of the molecule is NN=NC=NCC(O)(c1ccc(F)cc1F)C(F)(F)c1ccc(Oc2ccc(C(F)(F)F)nc2)cn1. The summed E-state index contributed by atoms with van der Waals surface area (Å²) in [7, 11) is 0. The van der Waals surface area contributed by atoms with Crippen LogP contribution >= 0.6 is 0 Å². The summed E-state index contributed by atoms with van der Waals surface area (Å²) < 4.78 is 102. The number of hydrogen-bond donors (Lipinski definition) is 2. The minimum absolute atomic E-state index is 0.141. The minimum Gasteiger partial charge on any atom is -0.454 e. The van der Waals surface area contributed by atoms with Crippen LogP contribution in [0.4, 0.5) is 30.7 Å². The Kier molecular flexibility index (Phi) is 7.52. The summed E-state index contributed by atoms with van der Waals surface area (Å²) in [6.07, 6.45) is -2.44. The van der Waals surface area contributed by atoms with Crippen molar-refractivity contribution in [3.8, 4) is 11.5 Å². The van der Waals surface area contributed by atoms with Crippen LogP contribution in [-0.4, -0.2) is 28.0 Å². The van der Waals surface area contributed by atoms with Crippen LogP contribution in [0.2, 0.25) is 0 Å². The number of ether oxygens (including phenoxy) is 1. The van der Waals surface area contributed by atoms with E-state index in [1.165, 1.54) is 0 Å². The highest BCUT2D eigenvalue weighted by atomic mass is 19.4. The van der Waals surface area contributed by atoms with Crippen LogP contribution in [0.1, 0.15) is 17.0 Å². The van der Waals surface area contributed by atoms with Crippen LogP contribution in [0.3, 0.4) is 0 Å². The quantitative estimate of drug-likeness (QED) is 0.110. The topological polar surface area (TPSA) is 118 Å². The normalized spacial score (nSPS) is 14.3. The summed E-state index contributed by atoms with van der Waals surface area (Å²) in [6.45, 7) is -1.15. The summed E-state index contributed by atoms with van der Waals surface area (Å²) in [5.74, 6) is -2.37. The van der Waals surface area contributed by atoms with Crippen molar-refractivity contribution in [2.45, 2.75) is 17.7 Å². The number of hydrogen-bond acceptors (Lipinski definition) is 6. The van der Waals surface area contributed by atoms with E-state index in [2.05, 4.69) is 25.3 Å². The molecule has 36 heavy (non-hydrogen) atoms. The summed E-state index contributed by atoms with van der Waals surface area (Å²) in [6, 6.07) is 4.96. The molecular weight excluding hydrogens is 501 g/mol. The number of aromatic nitrogens is 2. The molecule has 0 aliphatic carbocycles. The molecular formula is C21H15F7N6O2. The fraction of sp³-hybridized carbons (Fsp3) is 0.190. The average Bonchev–Trinajstić information content (AvgIpc) is 2.82. The molecule has 3 N–H and O–H groups in total. The maximum Gasteiger partial charge on any atom is 0.433 e. The molecule has 0 spiro atoms. The Balaban J connectivity index is 1.92. The molecule has 2 heterocycles. The number of pyridine rings is 2.